The fourth-order valence-electron chi connectivity index (χ4n) is 3.23. The Morgan fingerprint density at radius 3 is 2.37 bits per heavy atom. The number of hydrogen-bond donors (Lipinski definition) is 2. The van der Waals surface area contributed by atoms with Crippen molar-refractivity contribution < 1.29 is 14.3 Å². The zero-order chi connectivity index (χ0) is 21.3. The van der Waals surface area contributed by atoms with Gasteiger partial charge in [-0.05, 0) is 39.9 Å². The standard InChI is InChI=1S/C25H28N2O3/c1-18(2)19-10-12-22(13-11-19)30-15-14-26-25(29)17-27-24(28)16-21-8-5-7-20-6-3-4-9-23(20)21/h3-13,18H,14-17H2,1-2H3,(H,26,29)(H,27,28). The van der Waals surface area contributed by atoms with Crippen molar-refractivity contribution in [3.8, 4) is 5.75 Å². The summed E-state index contributed by atoms with van der Waals surface area (Å²) in [4.78, 5) is 24.2. The molecule has 0 unspecified atom stereocenters. The van der Waals surface area contributed by atoms with Crippen LogP contribution in [0.2, 0.25) is 0 Å². The molecule has 5 heteroatoms. The molecule has 0 fully saturated rings. The monoisotopic (exact) mass is 404 g/mol. The Bertz CT molecular complexity index is 991. The molecule has 0 aromatic heterocycles. The number of nitrogens with one attached hydrogen (secondary N) is 2. The van der Waals surface area contributed by atoms with Gasteiger partial charge in [0.05, 0.1) is 19.5 Å². The third-order valence-electron chi connectivity index (χ3n) is 4.92. The third kappa shape index (κ3) is 6.08. The zero-order valence-corrected chi connectivity index (χ0v) is 17.5. The molecule has 156 valence electrons. The number of rotatable bonds is 9. The van der Waals surface area contributed by atoms with Crippen LogP contribution in [0, 0.1) is 0 Å². The van der Waals surface area contributed by atoms with Crippen LogP contribution in [0.1, 0.15) is 30.9 Å². The number of carbonyl (C=O) groups is 2. The van der Waals surface area contributed by atoms with Crippen molar-refractivity contribution in [1.29, 1.82) is 0 Å². The van der Waals surface area contributed by atoms with E-state index >= 15 is 0 Å². The summed E-state index contributed by atoms with van der Waals surface area (Å²) >= 11 is 0. The molecule has 2 N–H and O–H groups in total. The Labute approximate surface area is 177 Å². The fraction of sp³-hybridized carbons (Fsp3) is 0.280. The second-order valence-corrected chi connectivity index (χ2v) is 7.51. The fourth-order valence-corrected chi connectivity index (χ4v) is 3.23. The number of hydrogen-bond acceptors (Lipinski definition) is 3. The first-order chi connectivity index (χ1) is 14.5. The summed E-state index contributed by atoms with van der Waals surface area (Å²) in [6, 6.07) is 21.8. The summed E-state index contributed by atoms with van der Waals surface area (Å²) in [5.74, 6) is 0.842. The van der Waals surface area contributed by atoms with Crippen molar-refractivity contribution in [1.82, 2.24) is 10.6 Å². The molecule has 0 bridgehead atoms. The minimum Gasteiger partial charge on any atom is -0.492 e. The molecule has 0 atom stereocenters. The van der Waals surface area contributed by atoms with Gasteiger partial charge >= 0.3 is 0 Å². The predicted octanol–water partition coefficient (Wildman–Crippen LogP) is 3.82. The Hall–Kier alpha value is -3.34. The highest BCUT2D eigenvalue weighted by Gasteiger charge is 2.09. The van der Waals surface area contributed by atoms with Gasteiger partial charge < -0.3 is 15.4 Å². The average Bonchev–Trinajstić information content (AvgIpc) is 2.76. The Balaban J connectivity index is 1.36. The molecule has 0 heterocycles. The number of ether oxygens (including phenoxy) is 1. The lowest BCUT2D eigenvalue weighted by Crippen LogP contribution is -2.39. The van der Waals surface area contributed by atoms with Crippen LogP contribution in [0.5, 0.6) is 5.75 Å². The third-order valence-corrected chi connectivity index (χ3v) is 4.92. The SMILES string of the molecule is CC(C)c1ccc(OCCNC(=O)CNC(=O)Cc2cccc3ccccc23)cc1. The van der Waals surface area contributed by atoms with Crippen LogP contribution in [0.15, 0.2) is 66.7 Å². The molecule has 0 aliphatic heterocycles. The van der Waals surface area contributed by atoms with Crippen molar-refractivity contribution in [2.24, 2.45) is 0 Å². The molecule has 0 radical (unpaired) electrons. The summed E-state index contributed by atoms with van der Waals surface area (Å²) in [6.45, 7) is 4.99. The first-order valence-corrected chi connectivity index (χ1v) is 10.3. The van der Waals surface area contributed by atoms with E-state index in [1.54, 1.807) is 0 Å². The molecule has 0 aliphatic rings. The van der Waals surface area contributed by atoms with Gasteiger partial charge in [-0.1, -0.05) is 68.4 Å². The number of amides is 2. The van der Waals surface area contributed by atoms with Gasteiger partial charge in [-0.2, -0.15) is 0 Å². The van der Waals surface area contributed by atoms with Crippen molar-refractivity contribution >= 4 is 22.6 Å². The molecule has 5 nitrogen and oxygen atoms in total. The lowest BCUT2D eigenvalue weighted by Gasteiger charge is -2.10. The first kappa shape index (κ1) is 21.4. The second-order valence-electron chi connectivity index (χ2n) is 7.51. The normalized spacial score (nSPS) is 10.8. The van der Waals surface area contributed by atoms with Crippen molar-refractivity contribution in [2.75, 3.05) is 19.7 Å². The van der Waals surface area contributed by atoms with E-state index in [1.807, 2.05) is 66.7 Å². The number of benzene rings is 3. The molecule has 0 saturated heterocycles. The van der Waals surface area contributed by atoms with Crippen LogP contribution in [-0.4, -0.2) is 31.5 Å². The highest BCUT2D eigenvalue weighted by molar-refractivity contribution is 5.91. The van der Waals surface area contributed by atoms with Gasteiger partial charge in [0, 0.05) is 0 Å². The highest BCUT2D eigenvalue weighted by Crippen LogP contribution is 2.19. The van der Waals surface area contributed by atoms with Crippen molar-refractivity contribution in [3.05, 3.63) is 77.9 Å². The molecule has 3 rings (SSSR count). The topological polar surface area (TPSA) is 67.4 Å². The van der Waals surface area contributed by atoms with Gasteiger partial charge in [-0.25, -0.2) is 0 Å². The maximum absolute atomic E-state index is 12.2. The van der Waals surface area contributed by atoms with E-state index in [1.165, 1.54) is 5.56 Å². The largest absolute Gasteiger partial charge is 0.492 e. The van der Waals surface area contributed by atoms with Crippen LogP contribution >= 0.6 is 0 Å². The zero-order valence-electron chi connectivity index (χ0n) is 17.5. The van der Waals surface area contributed by atoms with E-state index in [9.17, 15) is 9.59 Å². The van der Waals surface area contributed by atoms with Gasteiger partial charge in [-0.15, -0.1) is 0 Å². The summed E-state index contributed by atoms with van der Waals surface area (Å²) in [5, 5.41) is 7.58. The number of carbonyl (C=O) groups excluding carboxylic acids is 2. The highest BCUT2D eigenvalue weighted by atomic mass is 16.5. The van der Waals surface area contributed by atoms with E-state index in [4.69, 9.17) is 4.74 Å². The Morgan fingerprint density at radius 2 is 1.60 bits per heavy atom. The van der Waals surface area contributed by atoms with Gasteiger partial charge in [0.1, 0.15) is 12.4 Å². The van der Waals surface area contributed by atoms with Gasteiger partial charge in [-0.3, -0.25) is 9.59 Å². The van der Waals surface area contributed by atoms with E-state index in [2.05, 4.69) is 24.5 Å². The Kier molecular flexibility index (Phi) is 7.44. The van der Waals surface area contributed by atoms with Crippen LogP contribution < -0.4 is 15.4 Å². The van der Waals surface area contributed by atoms with Gasteiger partial charge in [0.2, 0.25) is 11.8 Å². The minimum atomic E-state index is -0.236. The summed E-state index contributed by atoms with van der Waals surface area (Å²) < 4.78 is 5.63. The lowest BCUT2D eigenvalue weighted by atomic mass is 10.0. The molecule has 2 amide bonds. The first-order valence-electron chi connectivity index (χ1n) is 10.3. The van der Waals surface area contributed by atoms with Gasteiger partial charge in [0.25, 0.3) is 0 Å². The van der Waals surface area contributed by atoms with E-state index in [0.717, 1.165) is 22.1 Å². The number of fused-ring (bicyclic) bond motifs is 1. The molecular formula is C25H28N2O3. The maximum atomic E-state index is 12.2. The maximum Gasteiger partial charge on any atom is 0.239 e. The van der Waals surface area contributed by atoms with Crippen molar-refractivity contribution in [2.45, 2.75) is 26.2 Å². The molecule has 3 aromatic rings. The molecular weight excluding hydrogens is 376 g/mol. The lowest BCUT2D eigenvalue weighted by molar-refractivity contribution is -0.125. The summed E-state index contributed by atoms with van der Waals surface area (Å²) in [5.41, 5.74) is 2.21. The summed E-state index contributed by atoms with van der Waals surface area (Å²) in [6.07, 6.45) is 0.240. The molecule has 0 saturated carbocycles. The average molecular weight is 405 g/mol. The van der Waals surface area contributed by atoms with Crippen LogP contribution in [0.3, 0.4) is 0 Å². The van der Waals surface area contributed by atoms with Crippen molar-refractivity contribution in [3.63, 3.8) is 0 Å². The molecule has 3 aromatic carbocycles. The smallest absolute Gasteiger partial charge is 0.239 e. The second kappa shape index (κ2) is 10.4. The van der Waals surface area contributed by atoms with E-state index < -0.39 is 0 Å². The van der Waals surface area contributed by atoms with Gasteiger partial charge in [0.15, 0.2) is 0 Å². The van der Waals surface area contributed by atoms with Crippen LogP contribution in [-0.2, 0) is 16.0 Å². The van der Waals surface area contributed by atoms with Crippen LogP contribution in [0.4, 0.5) is 0 Å². The van der Waals surface area contributed by atoms with E-state index in [0.29, 0.717) is 19.1 Å². The molecule has 0 spiro atoms. The predicted molar refractivity (Wildman–Crippen MR) is 120 cm³/mol. The molecule has 30 heavy (non-hydrogen) atoms. The molecule has 0 aliphatic carbocycles. The van der Waals surface area contributed by atoms with E-state index in [-0.39, 0.29) is 24.8 Å². The Morgan fingerprint density at radius 1 is 0.867 bits per heavy atom. The summed E-state index contributed by atoms with van der Waals surface area (Å²) in [7, 11) is 0. The minimum absolute atomic E-state index is 0.0489. The quantitative estimate of drug-likeness (QED) is 0.533. The van der Waals surface area contributed by atoms with Crippen LogP contribution in [0.25, 0.3) is 10.8 Å².